The summed E-state index contributed by atoms with van der Waals surface area (Å²) in [6.07, 6.45) is 0. The van der Waals surface area contributed by atoms with Crippen molar-refractivity contribution >= 4 is 34.3 Å². The fraction of sp³-hybridized carbons (Fsp3) is 0.160. The maximum absolute atomic E-state index is 13.3. The third kappa shape index (κ3) is 5.43. The minimum atomic E-state index is -3.01. The van der Waals surface area contributed by atoms with E-state index in [1.807, 2.05) is 30.3 Å². The zero-order chi connectivity index (χ0) is 24.1. The molecule has 1 aromatic heterocycles. The van der Waals surface area contributed by atoms with Crippen LogP contribution in [-0.4, -0.2) is 27.3 Å². The van der Waals surface area contributed by atoms with Gasteiger partial charge in [0.05, 0.1) is 28.4 Å². The monoisotopic (exact) mass is 481 g/mol. The molecule has 0 radical (unpaired) electrons. The van der Waals surface area contributed by atoms with Crippen molar-refractivity contribution in [3.8, 4) is 5.75 Å². The fourth-order valence-electron chi connectivity index (χ4n) is 3.36. The molecule has 0 spiro atoms. The molecule has 1 unspecified atom stereocenters. The summed E-state index contributed by atoms with van der Waals surface area (Å²) in [4.78, 5) is 30.8. The number of para-hydroxylation sites is 3. The van der Waals surface area contributed by atoms with Crippen LogP contribution in [0.4, 0.5) is 14.5 Å². The van der Waals surface area contributed by atoms with E-state index in [4.69, 9.17) is 0 Å². The van der Waals surface area contributed by atoms with Crippen LogP contribution in [-0.2, 0) is 11.3 Å². The lowest BCUT2D eigenvalue weighted by molar-refractivity contribution is -0.115. The molecule has 0 saturated heterocycles. The number of hydrogen-bond acceptors (Lipinski definition) is 5. The Morgan fingerprint density at radius 1 is 1.03 bits per heavy atom. The number of nitrogens with one attached hydrogen (secondary N) is 1. The van der Waals surface area contributed by atoms with Gasteiger partial charge in [-0.15, -0.1) is 0 Å². The van der Waals surface area contributed by atoms with E-state index in [0.29, 0.717) is 22.6 Å². The highest BCUT2D eigenvalue weighted by Gasteiger charge is 2.21. The molecular formula is C25H21F2N3O3S. The molecular weight excluding hydrogens is 460 g/mol. The molecule has 4 rings (SSSR count). The van der Waals surface area contributed by atoms with Crippen molar-refractivity contribution in [1.29, 1.82) is 0 Å². The Morgan fingerprint density at radius 2 is 1.71 bits per heavy atom. The van der Waals surface area contributed by atoms with Crippen LogP contribution in [0.5, 0.6) is 5.75 Å². The highest BCUT2D eigenvalue weighted by Crippen LogP contribution is 2.28. The van der Waals surface area contributed by atoms with Crippen LogP contribution in [0.1, 0.15) is 12.5 Å². The number of nitrogens with zero attached hydrogens (tertiary/aromatic N) is 2. The largest absolute Gasteiger partial charge is 0.433 e. The quantitative estimate of drug-likeness (QED) is 0.278. The van der Waals surface area contributed by atoms with Crippen LogP contribution >= 0.6 is 11.8 Å². The minimum Gasteiger partial charge on any atom is -0.433 e. The van der Waals surface area contributed by atoms with E-state index in [1.165, 1.54) is 18.2 Å². The molecule has 174 valence electrons. The Kier molecular flexibility index (Phi) is 7.22. The molecule has 0 aliphatic heterocycles. The molecule has 1 N–H and O–H groups in total. The van der Waals surface area contributed by atoms with Crippen molar-refractivity contribution in [3.63, 3.8) is 0 Å². The summed E-state index contributed by atoms with van der Waals surface area (Å²) in [6.45, 7) is -1.07. The van der Waals surface area contributed by atoms with Gasteiger partial charge in [0.1, 0.15) is 5.75 Å². The average Bonchev–Trinajstić information content (AvgIpc) is 2.83. The lowest BCUT2D eigenvalue weighted by atomic mass is 10.2. The van der Waals surface area contributed by atoms with Gasteiger partial charge < -0.3 is 10.1 Å². The molecule has 3 aromatic carbocycles. The molecule has 0 saturated carbocycles. The number of ether oxygens (including phenoxy) is 1. The van der Waals surface area contributed by atoms with Crippen LogP contribution < -0.4 is 15.6 Å². The predicted molar refractivity (Wildman–Crippen MR) is 129 cm³/mol. The minimum absolute atomic E-state index is 0.132. The summed E-state index contributed by atoms with van der Waals surface area (Å²) < 4.78 is 31.4. The Labute approximate surface area is 198 Å². The van der Waals surface area contributed by atoms with Gasteiger partial charge in [0.15, 0.2) is 5.16 Å². The number of aromatic nitrogens is 2. The Balaban J connectivity index is 1.63. The standard InChI is InChI=1S/C25H21F2N3O3S/c1-16(22(31)28-20-13-7-8-14-21(20)33-24(26)27)34-25-29-19-12-6-5-11-18(19)23(32)30(25)15-17-9-3-2-4-10-17/h2-14,16,24H,15H2,1H3,(H,28,31). The summed E-state index contributed by atoms with van der Waals surface area (Å²) in [5.74, 6) is -0.572. The fourth-order valence-corrected chi connectivity index (χ4v) is 4.27. The van der Waals surface area contributed by atoms with E-state index < -0.39 is 17.8 Å². The van der Waals surface area contributed by atoms with Gasteiger partial charge in [-0.1, -0.05) is 66.4 Å². The summed E-state index contributed by atoms with van der Waals surface area (Å²) in [6, 6.07) is 22.5. The molecule has 1 heterocycles. The lowest BCUT2D eigenvalue weighted by Crippen LogP contribution is -2.27. The summed E-state index contributed by atoms with van der Waals surface area (Å²) in [7, 11) is 0. The van der Waals surface area contributed by atoms with Crippen LogP contribution in [0.15, 0.2) is 88.8 Å². The number of carbonyl (C=O) groups excluding carboxylic acids is 1. The first kappa shape index (κ1) is 23.4. The Hall–Kier alpha value is -3.72. The number of amides is 1. The van der Waals surface area contributed by atoms with Crippen LogP contribution in [0.25, 0.3) is 10.9 Å². The maximum Gasteiger partial charge on any atom is 0.387 e. The number of thioether (sulfide) groups is 1. The van der Waals surface area contributed by atoms with Gasteiger partial charge in [-0.3, -0.25) is 14.2 Å². The first-order valence-electron chi connectivity index (χ1n) is 10.5. The SMILES string of the molecule is CC(Sc1nc2ccccc2c(=O)n1Cc1ccccc1)C(=O)Nc1ccccc1OC(F)F. The van der Waals surface area contributed by atoms with Crippen molar-refractivity contribution in [3.05, 3.63) is 94.8 Å². The van der Waals surface area contributed by atoms with E-state index >= 15 is 0 Å². The number of rotatable bonds is 8. The molecule has 34 heavy (non-hydrogen) atoms. The maximum atomic E-state index is 13.3. The lowest BCUT2D eigenvalue weighted by Gasteiger charge is -2.17. The zero-order valence-electron chi connectivity index (χ0n) is 18.2. The van der Waals surface area contributed by atoms with Gasteiger partial charge in [0.2, 0.25) is 5.91 Å². The third-order valence-corrected chi connectivity index (χ3v) is 6.11. The summed E-state index contributed by atoms with van der Waals surface area (Å²) in [5, 5.41) is 2.80. The first-order chi connectivity index (χ1) is 16.4. The number of benzene rings is 3. The zero-order valence-corrected chi connectivity index (χ0v) is 19.0. The predicted octanol–water partition coefficient (Wildman–Crippen LogP) is 5.17. The van der Waals surface area contributed by atoms with Crippen molar-refractivity contribution in [1.82, 2.24) is 9.55 Å². The molecule has 4 aromatic rings. The Morgan fingerprint density at radius 3 is 2.47 bits per heavy atom. The average molecular weight is 482 g/mol. The van der Waals surface area contributed by atoms with Gasteiger partial charge in [0.25, 0.3) is 5.56 Å². The Bertz CT molecular complexity index is 1360. The number of anilines is 1. The number of fused-ring (bicyclic) bond motifs is 1. The topological polar surface area (TPSA) is 73.2 Å². The van der Waals surface area contributed by atoms with E-state index in [0.717, 1.165) is 17.3 Å². The van der Waals surface area contributed by atoms with Gasteiger partial charge in [0, 0.05) is 0 Å². The van der Waals surface area contributed by atoms with Gasteiger partial charge in [-0.05, 0) is 36.8 Å². The highest BCUT2D eigenvalue weighted by molar-refractivity contribution is 8.00. The van der Waals surface area contributed by atoms with E-state index in [-0.39, 0.29) is 17.0 Å². The van der Waals surface area contributed by atoms with Gasteiger partial charge in [-0.25, -0.2) is 4.98 Å². The van der Waals surface area contributed by atoms with E-state index in [9.17, 15) is 18.4 Å². The molecule has 0 fully saturated rings. The number of alkyl halides is 2. The molecule has 6 nitrogen and oxygen atoms in total. The molecule has 0 aliphatic carbocycles. The van der Waals surface area contributed by atoms with Crippen molar-refractivity contribution in [2.24, 2.45) is 0 Å². The smallest absolute Gasteiger partial charge is 0.387 e. The third-order valence-electron chi connectivity index (χ3n) is 5.02. The van der Waals surface area contributed by atoms with Gasteiger partial charge >= 0.3 is 6.61 Å². The number of halogens is 2. The van der Waals surface area contributed by atoms with Gasteiger partial charge in [-0.2, -0.15) is 8.78 Å². The van der Waals surface area contributed by atoms with Crippen molar-refractivity contribution in [2.75, 3.05) is 5.32 Å². The highest BCUT2D eigenvalue weighted by atomic mass is 32.2. The van der Waals surface area contributed by atoms with Crippen LogP contribution in [0, 0.1) is 0 Å². The second-order valence-corrected chi connectivity index (χ2v) is 8.72. The molecule has 1 amide bonds. The molecule has 1 atom stereocenters. The van der Waals surface area contributed by atoms with Crippen molar-refractivity contribution < 1.29 is 18.3 Å². The molecule has 0 aliphatic rings. The van der Waals surface area contributed by atoms with Crippen LogP contribution in [0.3, 0.4) is 0 Å². The second kappa shape index (κ2) is 10.5. The van der Waals surface area contributed by atoms with E-state index in [2.05, 4.69) is 15.0 Å². The van der Waals surface area contributed by atoms with Crippen molar-refractivity contribution in [2.45, 2.75) is 30.5 Å². The number of hydrogen-bond donors (Lipinski definition) is 1. The molecule has 0 bridgehead atoms. The summed E-state index contributed by atoms with van der Waals surface area (Å²) >= 11 is 1.12. The second-order valence-electron chi connectivity index (χ2n) is 7.41. The molecule has 9 heteroatoms. The normalized spacial score (nSPS) is 12.0. The van der Waals surface area contributed by atoms with Crippen LogP contribution in [0.2, 0.25) is 0 Å². The summed E-state index contributed by atoms with van der Waals surface area (Å²) in [5.41, 5.74) is 1.37. The number of carbonyl (C=O) groups is 1. The van der Waals surface area contributed by atoms with E-state index in [1.54, 1.807) is 41.8 Å². The first-order valence-corrected chi connectivity index (χ1v) is 11.3.